The zero-order chi connectivity index (χ0) is 11.6. The fourth-order valence-electron chi connectivity index (χ4n) is 1.35. The molecule has 1 aromatic rings. The fourth-order valence-corrected chi connectivity index (χ4v) is 1.35. The van der Waals surface area contributed by atoms with Gasteiger partial charge in [-0.15, -0.1) is 0 Å². The molecular formula is C11H18N2O3. The molecule has 5 nitrogen and oxygen atoms in total. The Kier molecular flexibility index (Phi) is 6.48. The van der Waals surface area contributed by atoms with E-state index in [1.54, 1.807) is 24.5 Å². The van der Waals surface area contributed by atoms with Gasteiger partial charge in [-0.3, -0.25) is 9.88 Å². The lowest BCUT2D eigenvalue weighted by Gasteiger charge is -2.19. The molecule has 0 aliphatic rings. The third-order valence-electron chi connectivity index (χ3n) is 2.16. The van der Waals surface area contributed by atoms with Gasteiger partial charge in [-0.1, -0.05) is 0 Å². The Morgan fingerprint density at radius 3 is 2.25 bits per heavy atom. The van der Waals surface area contributed by atoms with E-state index in [4.69, 9.17) is 14.9 Å². The van der Waals surface area contributed by atoms with Crippen molar-refractivity contribution in [1.82, 2.24) is 9.88 Å². The second-order valence-corrected chi connectivity index (χ2v) is 3.32. The molecule has 0 spiro atoms. The summed E-state index contributed by atoms with van der Waals surface area (Å²) in [5.74, 6) is 0.781. The summed E-state index contributed by atoms with van der Waals surface area (Å²) < 4.78 is 5.48. The Labute approximate surface area is 95.3 Å². The van der Waals surface area contributed by atoms with Gasteiger partial charge in [0.15, 0.2) is 0 Å². The van der Waals surface area contributed by atoms with Gasteiger partial charge in [0.05, 0.1) is 13.2 Å². The van der Waals surface area contributed by atoms with Crippen LogP contribution in [0.5, 0.6) is 5.75 Å². The van der Waals surface area contributed by atoms with Crippen LogP contribution in [0.2, 0.25) is 0 Å². The molecule has 0 fully saturated rings. The summed E-state index contributed by atoms with van der Waals surface area (Å²) >= 11 is 0. The number of hydrogen-bond donors (Lipinski definition) is 2. The lowest BCUT2D eigenvalue weighted by atomic mass is 10.4. The van der Waals surface area contributed by atoms with E-state index in [2.05, 4.69) is 4.98 Å². The third-order valence-corrected chi connectivity index (χ3v) is 2.16. The third kappa shape index (κ3) is 5.06. The van der Waals surface area contributed by atoms with E-state index in [1.165, 1.54) is 0 Å². The van der Waals surface area contributed by atoms with Gasteiger partial charge < -0.3 is 14.9 Å². The average molecular weight is 226 g/mol. The molecular weight excluding hydrogens is 208 g/mol. The normalized spacial score (nSPS) is 10.7. The molecule has 0 aliphatic heterocycles. The van der Waals surface area contributed by atoms with E-state index in [0.29, 0.717) is 26.2 Å². The van der Waals surface area contributed by atoms with Crippen molar-refractivity contribution in [2.75, 3.05) is 39.5 Å². The highest BCUT2D eigenvalue weighted by molar-refractivity contribution is 5.16. The molecule has 0 bridgehead atoms. The van der Waals surface area contributed by atoms with E-state index < -0.39 is 0 Å². The van der Waals surface area contributed by atoms with Crippen LogP contribution in [0.1, 0.15) is 0 Å². The first kappa shape index (κ1) is 12.9. The second-order valence-electron chi connectivity index (χ2n) is 3.32. The summed E-state index contributed by atoms with van der Waals surface area (Å²) in [5.41, 5.74) is 0. The highest BCUT2D eigenvalue weighted by Crippen LogP contribution is 2.06. The first-order chi connectivity index (χ1) is 7.86. The molecule has 0 amide bonds. The molecule has 0 radical (unpaired) electrons. The van der Waals surface area contributed by atoms with E-state index >= 15 is 0 Å². The van der Waals surface area contributed by atoms with Crippen LogP contribution in [-0.4, -0.2) is 59.6 Å². The molecule has 2 N–H and O–H groups in total. The monoisotopic (exact) mass is 226 g/mol. The molecule has 0 unspecified atom stereocenters. The van der Waals surface area contributed by atoms with Crippen LogP contribution in [0.3, 0.4) is 0 Å². The van der Waals surface area contributed by atoms with Gasteiger partial charge in [-0.2, -0.15) is 0 Å². The zero-order valence-corrected chi connectivity index (χ0v) is 9.25. The molecule has 1 heterocycles. The lowest BCUT2D eigenvalue weighted by Crippen LogP contribution is -2.33. The zero-order valence-electron chi connectivity index (χ0n) is 9.25. The maximum absolute atomic E-state index is 8.81. The van der Waals surface area contributed by atoms with Crippen molar-refractivity contribution in [3.63, 3.8) is 0 Å². The summed E-state index contributed by atoms with van der Waals surface area (Å²) in [6, 6.07) is 3.59. The number of nitrogens with zero attached hydrogens (tertiary/aromatic N) is 2. The summed E-state index contributed by atoms with van der Waals surface area (Å²) in [4.78, 5) is 5.84. The molecule has 5 heteroatoms. The highest BCUT2D eigenvalue weighted by atomic mass is 16.5. The first-order valence-electron chi connectivity index (χ1n) is 5.33. The Balaban J connectivity index is 2.22. The van der Waals surface area contributed by atoms with Gasteiger partial charge in [-0.25, -0.2) is 0 Å². The van der Waals surface area contributed by atoms with Crippen molar-refractivity contribution in [2.45, 2.75) is 0 Å². The number of hydrogen-bond acceptors (Lipinski definition) is 5. The first-order valence-corrected chi connectivity index (χ1v) is 5.33. The van der Waals surface area contributed by atoms with Crippen LogP contribution in [-0.2, 0) is 0 Å². The van der Waals surface area contributed by atoms with Crippen molar-refractivity contribution in [2.24, 2.45) is 0 Å². The standard InChI is InChI=1S/C11H18N2O3/c14-8-5-13(6-9-15)7-10-16-11-1-3-12-4-2-11/h1-4,14-15H,5-10H2. The molecule has 0 atom stereocenters. The number of aliphatic hydroxyl groups excluding tert-OH is 2. The van der Waals surface area contributed by atoms with E-state index in [-0.39, 0.29) is 13.2 Å². The molecule has 90 valence electrons. The predicted octanol–water partition coefficient (Wildman–Crippen LogP) is -0.253. The molecule has 0 aromatic carbocycles. The van der Waals surface area contributed by atoms with Gasteiger partial charge in [-0.05, 0) is 12.1 Å². The van der Waals surface area contributed by atoms with Crippen molar-refractivity contribution in [3.05, 3.63) is 24.5 Å². The van der Waals surface area contributed by atoms with Crippen molar-refractivity contribution >= 4 is 0 Å². The minimum absolute atomic E-state index is 0.0925. The second kappa shape index (κ2) is 8.04. The molecule has 0 saturated carbocycles. The number of rotatable bonds is 8. The Morgan fingerprint density at radius 1 is 1.06 bits per heavy atom. The SMILES string of the molecule is OCCN(CCO)CCOc1ccncc1. The van der Waals surface area contributed by atoms with Crippen molar-refractivity contribution in [1.29, 1.82) is 0 Å². The van der Waals surface area contributed by atoms with Crippen LogP contribution in [0.25, 0.3) is 0 Å². The summed E-state index contributed by atoms with van der Waals surface area (Å²) in [6.45, 7) is 2.51. The van der Waals surface area contributed by atoms with Gasteiger partial charge in [0.2, 0.25) is 0 Å². The van der Waals surface area contributed by atoms with E-state index in [0.717, 1.165) is 5.75 Å². The van der Waals surface area contributed by atoms with Crippen LogP contribution in [0, 0.1) is 0 Å². The molecule has 0 aliphatic carbocycles. The molecule has 1 aromatic heterocycles. The maximum atomic E-state index is 8.81. The van der Waals surface area contributed by atoms with Gasteiger partial charge >= 0.3 is 0 Å². The Bertz CT molecular complexity index is 263. The minimum Gasteiger partial charge on any atom is -0.492 e. The van der Waals surface area contributed by atoms with Crippen molar-refractivity contribution < 1.29 is 14.9 Å². The van der Waals surface area contributed by atoms with Crippen molar-refractivity contribution in [3.8, 4) is 5.75 Å². The maximum Gasteiger partial charge on any atom is 0.122 e. The molecule has 0 saturated heterocycles. The van der Waals surface area contributed by atoms with E-state index in [1.807, 2.05) is 4.90 Å². The minimum atomic E-state index is 0.0925. The predicted molar refractivity (Wildman–Crippen MR) is 60.3 cm³/mol. The van der Waals surface area contributed by atoms with Gasteiger partial charge in [0.25, 0.3) is 0 Å². The largest absolute Gasteiger partial charge is 0.492 e. The number of aliphatic hydroxyl groups is 2. The average Bonchev–Trinajstić information content (AvgIpc) is 2.31. The Hall–Kier alpha value is -1.17. The number of pyridine rings is 1. The number of aromatic nitrogens is 1. The lowest BCUT2D eigenvalue weighted by molar-refractivity contribution is 0.141. The summed E-state index contributed by atoms with van der Waals surface area (Å²) in [7, 11) is 0. The van der Waals surface area contributed by atoms with E-state index in [9.17, 15) is 0 Å². The topological polar surface area (TPSA) is 65.8 Å². The quantitative estimate of drug-likeness (QED) is 0.639. The Morgan fingerprint density at radius 2 is 1.69 bits per heavy atom. The van der Waals surface area contributed by atoms with Crippen LogP contribution < -0.4 is 4.74 Å². The van der Waals surface area contributed by atoms with Crippen LogP contribution in [0.15, 0.2) is 24.5 Å². The molecule has 1 rings (SSSR count). The fraction of sp³-hybridized carbons (Fsp3) is 0.545. The van der Waals surface area contributed by atoms with Gasteiger partial charge in [0.1, 0.15) is 12.4 Å². The number of ether oxygens (including phenoxy) is 1. The van der Waals surface area contributed by atoms with Gasteiger partial charge in [0, 0.05) is 32.0 Å². The van der Waals surface area contributed by atoms with Crippen LogP contribution >= 0.6 is 0 Å². The highest BCUT2D eigenvalue weighted by Gasteiger charge is 2.03. The molecule has 16 heavy (non-hydrogen) atoms. The van der Waals surface area contributed by atoms with Crippen LogP contribution in [0.4, 0.5) is 0 Å². The smallest absolute Gasteiger partial charge is 0.122 e. The summed E-state index contributed by atoms with van der Waals surface area (Å²) in [5, 5.41) is 17.6. The summed E-state index contributed by atoms with van der Waals surface area (Å²) in [6.07, 6.45) is 3.35.